The van der Waals surface area contributed by atoms with Crippen molar-refractivity contribution >= 4 is 23.4 Å². The van der Waals surface area contributed by atoms with Crippen molar-refractivity contribution in [3.63, 3.8) is 0 Å². The number of ether oxygens (including phenoxy) is 1. The van der Waals surface area contributed by atoms with Gasteiger partial charge in [0.1, 0.15) is 5.82 Å². The Kier molecular flexibility index (Phi) is 4.72. The van der Waals surface area contributed by atoms with Gasteiger partial charge in [-0.05, 0) is 24.5 Å². The fourth-order valence-corrected chi connectivity index (χ4v) is 3.26. The smallest absolute Gasteiger partial charge is 0.270 e. The lowest BCUT2D eigenvalue weighted by atomic mass is 10.1. The van der Waals surface area contributed by atoms with E-state index in [1.807, 2.05) is 12.3 Å². The van der Waals surface area contributed by atoms with Gasteiger partial charge in [-0.2, -0.15) is 4.37 Å². The second kappa shape index (κ2) is 6.91. The minimum Gasteiger partial charge on any atom is -0.478 e. The Hall–Kier alpha value is -1.89. The molecule has 3 rings (SSSR count). The van der Waals surface area contributed by atoms with E-state index in [0.717, 1.165) is 44.2 Å². The predicted octanol–water partition coefficient (Wildman–Crippen LogP) is 2.03. The van der Waals surface area contributed by atoms with Crippen LogP contribution in [0.2, 0.25) is 0 Å². The molecule has 22 heavy (non-hydrogen) atoms. The molecule has 0 atom stereocenters. The summed E-state index contributed by atoms with van der Waals surface area (Å²) in [7, 11) is 1.64. The van der Waals surface area contributed by atoms with Crippen molar-refractivity contribution in [3.05, 3.63) is 30.3 Å². The molecule has 1 radical (unpaired) electrons. The summed E-state index contributed by atoms with van der Waals surface area (Å²) in [5.74, 6) is 2.58. The monoisotopic (exact) mass is 318 g/mol. The third-order valence-corrected chi connectivity index (χ3v) is 4.31. The maximum atomic E-state index is 5.27. The molecule has 1 fully saturated rings. The van der Waals surface area contributed by atoms with E-state index in [1.54, 1.807) is 7.11 Å². The molecule has 0 saturated carbocycles. The highest BCUT2D eigenvalue weighted by Crippen LogP contribution is 2.27. The second-order valence-electron chi connectivity index (χ2n) is 5.17. The molecule has 6 nitrogen and oxygen atoms in total. The van der Waals surface area contributed by atoms with Crippen LogP contribution in [0.5, 0.6) is 5.88 Å². The summed E-state index contributed by atoms with van der Waals surface area (Å²) >= 11 is 1.19. The first-order chi connectivity index (χ1) is 10.8. The van der Waals surface area contributed by atoms with Crippen molar-refractivity contribution in [2.24, 2.45) is 0 Å². The molecule has 0 amide bonds. The van der Waals surface area contributed by atoms with Crippen molar-refractivity contribution in [1.29, 1.82) is 0 Å². The van der Waals surface area contributed by atoms with Gasteiger partial charge in [-0.15, -0.1) is 4.37 Å². The van der Waals surface area contributed by atoms with Crippen molar-refractivity contribution in [2.75, 3.05) is 43.1 Å². The van der Waals surface area contributed by atoms with Crippen molar-refractivity contribution in [3.8, 4) is 5.88 Å². The lowest BCUT2D eigenvalue weighted by molar-refractivity contribution is 0.400. The number of pyridine rings is 1. The Morgan fingerprint density at radius 1 is 1.18 bits per heavy atom. The molecule has 0 aromatic carbocycles. The number of hydrogen-bond acceptors (Lipinski definition) is 7. The number of rotatable bonds is 5. The van der Waals surface area contributed by atoms with Gasteiger partial charge < -0.3 is 14.5 Å². The quantitative estimate of drug-likeness (QED) is 0.841. The van der Waals surface area contributed by atoms with E-state index in [0.29, 0.717) is 5.88 Å². The van der Waals surface area contributed by atoms with Crippen LogP contribution in [0.3, 0.4) is 0 Å². The summed E-state index contributed by atoms with van der Waals surface area (Å²) in [5, 5.41) is 0. The van der Waals surface area contributed by atoms with Crippen LogP contribution in [0, 0.1) is 6.42 Å². The first-order valence-corrected chi connectivity index (χ1v) is 8.14. The first kappa shape index (κ1) is 15.0. The average Bonchev–Trinajstić information content (AvgIpc) is 3.04. The lowest BCUT2D eigenvalue weighted by Gasteiger charge is -2.36. The van der Waals surface area contributed by atoms with Gasteiger partial charge in [-0.25, -0.2) is 4.98 Å². The predicted molar refractivity (Wildman–Crippen MR) is 88.8 cm³/mol. The highest BCUT2D eigenvalue weighted by Gasteiger charge is 2.24. The Morgan fingerprint density at radius 3 is 2.59 bits per heavy atom. The second-order valence-corrected chi connectivity index (χ2v) is 5.70. The van der Waals surface area contributed by atoms with Crippen LogP contribution in [0.15, 0.2) is 18.3 Å². The third kappa shape index (κ3) is 2.99. The van der Waals surface area contributed by atoms with Gasteiger partial charge in [0, 0.05) is 32.4 Å². The van der Waals surface area contributed by atoms with Crippen molar-refractivity contribution < 1.29 is 4.74 Å². The molecule has 117 valence electrons. The molecule has 0 unspecified atom stereocenters. The summed E-state index contributed by atoms with van der Waals surface area (Å²) in [6, 6.07) is 4.16. The molecule has 7 heteroatoms. The largest absolute Gasteiger partial charge is 0.478 e. The van der Waals surface area contributed by atoms with Gasteiger partial charge in [0.05, 0.1) is 18.8 Å². The lowest BCUT2D eigenvalue weighted by Crippen LogP contribution is -2.47. The summed E-state index contributed by atoms with van der Waals surface area (Å²) in [5.41, 5.74) is 1.28. The van der Waals surface area contributed by atoms with Gasteiger partial charge in [0.25, 0.3) is 5.88 Å². The molecular formula is C15H20N5OS. The van der Waals surface area contributed by atoms with Gasteiger partial charge in [-0.1, -0.05) is 13.0 Å². The maximum absolute atomic E-state index is 5.27. The molecule has 0 spiro atoms. The van der Waals surface area contributed by atoms with E-state index >= 15 is 0 Å². The van der Waals surface area contributed by atoms with E-state index in [1.165, 1.54) is 17.3 Å². The molecule has 1 aliphatic rings. The van der Waals surface area contributed by atoms with Crippen LogP contribution in [0.1, 0.15) is 12.5 Å². The highest BCUT2D eigenvalue weighted by molar-refractivity contribution is 6.99. The zero-order valence-corrected chi connectivity index (χ0v) is 13.7. The summed E-state index contributed by atoms with van der Waals surface area (Å²) in [6.07, 6.45) is 4.99. The van der Waals surface area contributed by atoms with Crippen LogP contribution in [0.25, 0.3) is 0 Å². The number of anilines is 2. The van der Waals surface area contributed by atoms with Crippen molar-refractivity contribution in [2.45, 2.75) is 13.3 Å². The fraction of sp³-hybridized carbons (Fsp3) is 0.467. The Balaban J connectivity index is 1.69. The van der Waals surface area contributed by atoms with Crippen LogP contribution in [0.4, 0.5) is 11.6 Å². The topological polar surface area (TPSA) is 54.4 Å². The molecule has 0 aliphatic carbocycles. The zero-order valence-electron chi connectivity index (χ0n) is 12.9. The number of aromatic nitrogens is 3. The Labute approximate surface area is 135 Å². The maximum Gasteiger partial charge on any atom is 0.270 e. The van der Waals surface area contributed by atoms with Crippen molar-refractivity contribution in [1.82, 2.24) is 13.7 Å². The fourth-order valence-electron chi connectivity index (χ4n) is 2.72. The summed E-state index contributed by atoms with van der Waals surface area (Å²) < 4.78 is 13.8. The number of nitrogens with zero attached hydrogens (tertiary/aromatic N) is 5. The van der Waals surface area contributed by atoms with Gasteiger partial charge >= 0.3 is 0 Å². The minimum atomic E-state index is 0.623. The average molecular weight is 318 g/mol. The molecular weight excluding hydrogens is 298 g/mol. The number of methoxy groups -OCH3 is 1. The molecule has 1 aliphatic heterocycles. The van der Waals surface area contributed by atoms with E-state index in [4.69, 9.17) is 4.74 Å². The SMILES string of the molecule is C[CH]Cc1cccnc1N1CCN(c2nsnc2OC)CC1. The molecule has 0 N–H and O–H groups in total. The summed E-state index contributed by atoms with van der Waals surface area (Å²) in [4.78, 5) is 9.16. The third-order valence-electron chi connectivity index (χ3n) is 3.81. The van der Waals surface area contributed by atoms with E-state index in [-0.39, 0.29) is 0 Å². The van der Waals surface area contributed by atoms with Crippen LogP contribution >= 0.6 is 11.7 Å². The Morgan fingerprint density at radius 2 is 1.91 bits per heavy atom. The standard InChI is InChI=1S/C15H20N5OS/c1-3-5-12-6-4-7-16-13(12)19-8-10-20(11-9-19)14-15(21-2)18-22-17-14/h3-4,6-7H,5,8-11H2,1-2H3. The Bertz CT molecular complexity index is 609. The van der Waals surface area contributed by atoms with Gasteiger partial charge in [0.15, 0.2) is 0 Å². The van der Waals surface area contributed by atoms with Crippen LogP contribution < -0.4 is 14.5 Å². The molecule has 1 saturated heterocycles. The molecule has 2 aromatic heterocycles. The van der Waals surface area contributed by atoms with E-state index < -0.39 is 0 Å². The highest BCUT2D eigenvalue weighted by atomic mass is 32.1. The summed E-state index contributed by atoms with van der Waals surface area (Å²) in [6.45, 7) is 5.72. The normalized spacial score (nSPS) is 15.2. The zero-order chi connectivity index (χ0) is 15.4. The van der Waals surface area contributed by atoms with E-state index in [2.05, 4.69) is 42.9 Å². The molecule has 2 aromatic rings. The van der Waals surface area contributed by atoms with Gasteiger partial charge in [-0.3, -0.25) is 0 Å². The first-order valence-electron chi connectivity index (χ1n) is 7.41. The van der Waals surface area contributed by atoms with Gasteiger partial charge in [0.2, 0.25) is 5.82 Å². The minimum absolute atomic E-state index is 0.623. The number of piperazine rings is 1. The molecule has 3 heterocycles. The van der Waals surface area contributed by atoms with Crippen LogP contribution in [-0.2, 0) is 6.42 Å². The van der Waals surface area contributed by atoms with E-state index in [9.17, 15) is 0 Å². The van der Waals surface area contributed by atoms with Crippen LogP contribution in [-0.4, -0.2) is 47.0 Å². The number of hydrogen-bond donors (Lipinski definition) is 0. The molecule has 0 bridgehead atoms.